The molecule has 0 atom stereocenters. The van der Waals surface area contributed by atoms with Gasteiger partial charge in [0.25, 0.3) is 0 Å². The molecule has 0 bridgehead atoms. The number of nitrogens with zero attached hydrogens (tertiary/aromatic N) is 2. The summed E-state index contributed by atoms with van der Waals surface area (Å²) in [5.41, 5.74) is 0. The van der Waals surface area contributed by atoms with Crippen molar-refractivity contribution < 1.29 is 17.9 Å². The van der Waals surface area contributed by atoms with Gasteiger partial charge in [0.05, 0.1) is 17.5 Å². The molecule has 7 nitrogen and oxygen atoms in total. The van der Waals surface area contributed by atoms with Crippen LogP contribution in [-0.2, 0) is 14.8 Å². The van der Waals surface area contributed by atoms with E-state index in [2.05, 4.69) is 9.62 Å². The molecule has 1 saturated heterocycles. The van der Waals surface area contributed by atoms with Crippen molar-refractivity contribution in [3.63, 3.8) is 0 Å². The summed E-state index contributed by atoms with van der Waals surface area (Å²) in [7, 11) is -1.71. The van der Waals surface area contributed by atoms with Crippen LogP contribution >= 0.6 is 0 Å². The van der Waals surface area contributed by atoms with Gasteiger partial charge in [-0.25, -0.2) is 13.1 Å². The van der Waals surface area contributed by atoms with E-state index in [0.717, 1.165) is 25.9 Å². The fraction of sp³-hybridized carbons (Fsp3) is 0.611. The van der Waals surface area contributed by atoms with Gasteiger partial charge < -0.3 is 14.5 Å². The van der Waals surface area contributed by atoms with E-state index in [1.54, 1.807) is 17.0 Å². The van der Waals surface area contributed by atoms with Gasteiger partial charge in [0.15, 0.2) is 0 Å². The Morgan fingerprint density at radius 2 is 1.73 bits per heavy atom. The number of hydrogen-bond acceptors (Lipinski definition) is 5. The zero-order valence-corrected chi connectivity index (χ0v) is 16.0. The second-order valence-corrected chi connectivity index (χ2v) is 8.77. The SMILES string of the molecule is CN1CCN(C(=O)CNS(=O)(=O)c2ccc(OC3CCCC3)cc2)CC1. The molecule has 2 fully saturated rings. The molecular weight excluding hydrogens is 354 g/mol. The molecule has 1 saturated carbocycles. The molecule has 1 amide bonds. The van der Waals surface area contributed by atoms with E-state index in [9.17, 15) is 13.2 Å². The third-order valence-corrected chi connectivity index (χ3v) is 6.43. The molecule has 1 aliphatic carbocycles. The molecule has 1 aliphatic heterocycles. The highest BCUT2D eigenvalue weighted by Gasteiger charge is 2.22. The van der Waals surface area contributed by atoms with Crippen molar-refractivity contribution in [2.24, 2.45) is 0 Å². The number of carbonyl (C=O) groups excluding carboxylic acids is 1. The highest BCUT2D eigenvalue weighted by atomic mass is 32.2. The third kappa shape index (κ3) is 4.96. The zero-order valence-electron chi connectivity index (χ0n) is 15.2. The predicted molar refractivity (Wildman–Crippen MR) is 98.6 cm³/mol. The number of sulfonamides is 1. The fourth-order valence-corrected chi connectivity index (χ4v) is 4.28. The minimum absolute atomic E-state index is 0.141. The molecule has 26 heavy (non-hydrogen) atoms. The molecule has 1 aromatic rings. The van der Waals surface area contributed by atoms with Gasteiger partial charge in [-0.3, -0.25) is 4.79 Å². The monoisotopic (exact) mass is 381 g/mol. The summed E-state index contributed by atoms with van der Waals surface area (Å²) in [5.74, 6) is 0.493. The van der Waals surface area contributed by atoms with Crippen LogP contribution in [0.5, 0.6) is 5.75 Å². The smallest absolute Gasteiger partial charge is 0.241 e. The van der Waals surface area contributed by atoms with Crippen LogP contribution in [0.2, 0.25) is 0 Å². The standard InChI is InChI=1S/C18H27N3O4S/c1-20-10-12-21(13-11-20)18(22)14-19-26(23,24)17-8-6-16(7-9-17)25-15-4-2-3-5-15/h6-9,15,19H,2-5,10-14H2,1H3. The molecular formula is C18H27N3O4S. The Balaban J connectivity index is 1.53. The van der Waals surface area contributed by atoms with Crippen molar-refractivity contribution in [2.45, 2.75) is 36.7 Å². The molecule has 0 aromatic heterocycles. The molecule has 0 spiro atoms. The van der Waals surface area contributed by atoms with Crippen molar-refractivity contribution in [2.75, 3.05) is 39.8 Å². The Kier molecular flexibility index (Phi) is 6.16. The number of carbonyl (C=O) groups is 1. The van der Waals surface area contributed by atoms with Crippen molar-refractivity contribution in [1.82, 2.24) is 14.5 Å². The van der Waals surface area contributed by atoms with Crippen LogP contribution in [0, 0.1) is 0 Å². The maximum Gasteiger partial charge on any atom is 0.241 e. The Bertz CT molecular complexity index is 706. The zero-order chi connectivity index (χ0) is 18.6. The number of hydrogen-bond donors (Lipinski definition) is 1. The van der Waals surface area contributed by atoms with Crippen molar-refractivity contribution in [3.05, 3.63) is 24.3 Å². The van der Waals surface area contributed by atoms with E-state index in [1.165, 1.54) is 25.0 Å². The summed E-state index contributed by atoms with van der Waals surface area (Å²) in [4.78, 5) is 16.2. The molecule has 8 heteroatoms. The van der Waals surface area contributed by atoms with Gasteiger partial charge in [-0.05, 0) is 57.0 Å². The lowest BCUT2D eigenvalue weighted by atomic mass is 10.3. The summed E-state index contributed by atoms with van der Waals surface area (Å²) < 4.78 is 33.0. The largest absolute Gasteiger partial charge is 0.490 e. The minimum atomic E-state index is -3.71. The normalized spacial score (nSPS) is 19.7. The van der Waals surface area contributed by atoms with Gasteiger partial charge in [0, 0.05) is 26.2 Å². The molecule has 1 N–H and O–H groups in total. The first-order valence-corrected chi connectivity index (χ1v) is 10.6. The number of amides is 1. The minimum Gasteiger partial charge on any atom is -0.490 e. The van der Waals surface area contributed by atoms with Gasteiger partial charge >= 0.3 is 0 Å². The van der Waals surface area contributed by atoms with E-state index >= 15 is 0 Å². The number of benzene rings is 1. The Morgan fingerprint density at radius 3 is 2.35 bits per heavy atom. The van der Waals surface area contributed by atoms with Crippen LogP contribution in [0.3, 0.4) is 0 Å². The lowest BCUT2D eigenvalue weighted by molar-refractivity contribution is -0.131. The fourth-order valence-electron chi connectivity index (χ4n) is 3.30. The van der Waals surface area contributed by atoms with Crippen LogP contribution in [0.15, 0.2) is 29.2 Å². The highest BCUT2D eigenvalue weighted by molar-refractivity contribution is 7.89. The van der Waals surface area contributed by atoms with Crippen molar-refractivity contribution in [1.29, 1.82) is 0 Å². The average Bonchev–Trinajstić information content (AvgIpc) is 3.14. The first-order valence-electron chi connectivity index (χ1n) is 9.17. The van der Waals surface area contributed by atoms with Crippen molar-refractivity contribution >= 4 is 15.9 Å². The summed E-state index contributed by atoms with van der Waals surface area (Å²) >= 11 is 0. The topological polar surface area (TPSA) is 79.0 Å². The lowest BCUT2D eigenvalue weighted by Crippen LogP contribution is -2.50. The number of piperazine rings is 1. The van der Waals surface area contributed by atoms with Gasteiger partial charge in [0.1, 0.15) is 5.75 Å². The number of ether oxygens (including phenoxy) is 1. The second-order valence-electron chi connectivity index (χ2n) is 7.00. The molecule has 1 heterocycles. The van der Waals surface area contributed by atoms with Crippen molar-refractivity contribution in [3.8, 4) is 5.75 Å². The molecule has 3 rings (SSSR count). The summed E-state index contributed by atoms with van der Waals surface area (Å²) in [6.07, 6.45) is 4.70. The first-order chi connectivity index (χ1) is 12.4. The molecule has 144 valence electrons. The van der Waals surface area contributed by atoms with Gasteiger partial charge in [-0.2, -0.15) is 0 Å². The van der Waals surface area contributed by atoms with E-state index in [4.69, 9.17) is 4.74 Å². The quantitative estimate of drug-likeness (QED) is 0.797. The van der Waals surface area contributed by atoms with E-state index in [-0.39, 0.29) is 23.5 Å². The van der Waals surface area contributed by atoms with E-state index < -0.39 is 10.0 Å². The predicted octanol–water partition coefficient (Wildman–Crippen LogP) is 1.06. The van der Waals surface area contributed by atoms with E-state index in [1.807, 2.05) is 7.05 Å². The maximum absolute atomic E-state index is 12.4. The second kappa shape index (κ2) is 8.37. The first kappa shape index (κ1) is 19.1. The maximum atomic E-state index is 12.4. The molecule has 2 aliphatic rings. The van der Waals surface area contributed by atoms with Crippen LogP contribution in [-0.4, -0.2) is 70.0 Å². The summed E-state index contributed by atoms with van der Waals surface area (Å²) in [6, 6.07) is 6.39. The Morgan fingerprint density at radius 1 is 1.12 bits per heavy atom. The van der Waals surface area contributed by atoms with Crippen LogP contribution < -0.4 is 9.46 Å². The van der Waals surface area contributed by atoms with Gasteiger partial charge in [0.2, 0.25) is 15.9 Å². The molecule has 0 unspecified atom stereocenters. The average molecular weight is 381 g/mol. The van der Waals surface area contributed by atoms with Gasteiger partial charge in [-0.15, -0.1) is 0 Å². The molecule has 1 aromatic carbocycles. The van der Waals surface area contributed by atoms with Crippen LogP contribution in [0.4, 0.5) is 0 Å². The van der Waals surface area contributed by atoms with Crippen LogP contribution in [0.25, 0.3) is 0 Å². The van der Waals surface area contributed by atoms with Crippen LogP contribution in [0.1, 0.15) is 25.7 Å². The summed E-state index contributed by atoms with van der Waals surface area (Å²) in [6.45, 7) is 2.66. The molecule has 0 radical (unpaired) electrons. The Hall–Kier alpha value is -1.64. The number of rotatable bonds is 6. The number of likely N-dealkylation sites (N-methyl/N-ethyl adjacent to an activating group) is 1. The summed E-state index contributed by atoms with van der Waals surface area (Å²) in [5, 5.41) is 0. The van der Waals surface area contributed by atoms with Gasteiger partial charge in [-0.1, -0.05) is 0 Å². The third-order valence-electron chi connectivity index (χ3n) is 5.01. The lowest BCUT2D eigenvalue weighted by Gasteiger charge is -2.32. The Labute approximate surface area is 155 Å². The number of nitrogens with one attached hydrogen (secondary N) is 1. The van der Waals surface area contributed by atoms with E-state index in [0.29, 0.717) is 18.8 Å². The highest BCUT2D eigenvalue weighted by Crippen LogP contribution is 2.24.